The SMILES string of the molecule is CC(=O)c1ccc(Nc2cc(Nc3ccccc3)cc3c2C(=O)NC3=O)cc1. The summed E-state index contributed by atoms with van der Waals surface area (Å²) >= 11 is 0. The molecule has 6 nitrogen and oxygen atoms in total. The lowest BCUT2D eigenvalue weighted by molar-refractivity contribution is 0.0879. The summed E-state index contributed by atoms with van der Waals surface area (Å²) in [6.07, 6.45) is 0. The lowest BCUT2D eigenvalue weighted by Gasteiger charge is -2.14. The summed E-state index contributed by atoms with van der Waals surface area (Å²) in [5.74, 6) is -0.882. The van der Waals surface area contributed by atoms with Gasteiger partial charge in [0.2, 0.25) is 0 Å². The molecule has 3 aromatic carbocycles. The van der Waals surface area contributed by atoms with E-state index < -0.39 is 11.8 Å². The largest absolute Gasteiger partial charge is 0.355 e. The van der Waals surface area contributed by atoms with Gasteiger partial charge in [0.15, 0.2) is 5.78 Å². The fraction of sp³-hybridized carbons (Fsp3) is 0.0455. The van der Waals surface area contributed by atoms with Gasteiger partial charge in [-0.15, -0.1) is 0 Å². The van der Waals surface area contributed by atoms with Crippen molar-refractivity contribution in [3.63, 3.8) is 0 Å². The summed E-state index contributed by atoms with van der Waals surface area (Å²) in [6.45, 7) is 1.50. The van der Waals surface area contributed by atoms with E-state index in [1.165, 1.54) is 6.92 Å². The zero-order valence-electron chi connectivity index (χ0n) is 15.1. The molecule has 4 rings (SSSR count). The molecule has 3 aromatic rings. The van der Waals surface area contributed by atoms with E-state index in [9.17, 15) is 14.4 Å². The van der Waals surface area contributed by atoms with Crippen LogP contribution in [0, 0.1) is 0 Å². The summed E-state index contributed by atoms with van der Waals surface area (Å²) in [6, 6.07) is 19.9. The van der Waals surface area contributed by atoms with Crippen LogP contribution >= 0.6 is 0 Å². The number of nitrogens with one attached hydrogen (secondary N) is 3. The van der Waals surface area contributed by atoms with Crippen molar-refractivity contribution in [2.45, 2.75) is 6.92 Å². The Bertz CT molecular complexity index is 1090. The Morgan fingerprint density at radius 3 is 2.14 bits per heavy atom. The van der Waals surface area contributed by atoms with E-state index in [0.29, 0.717) is 33.8 Å². The number of hydrogen-bond acceptors (Lipinski definition) is 5. The zero-order chi connectivity index (χ0) is 19.7. The van der Waals surface area contributed by atoms with Gasteiger partial charge in [0.1, 0.15) is 0 Å². The Morgan fingerprint density at radius 2 is 1.46 bits per heavy atom. The molecule has 0 saturated carbocycles. The van der Waals surface area contributed by atoms with Crippen LogP contribution in [0.1, 0.15) is 38.0 Å². The maximum atomic E-state index is 12.3. The number of carbonyl (C=O) groups is 3. The summed E-state index contributed by atoms with van der Waals surface area (Å²) in [4.78, 5) is 35.9. The Kier molecular flexibility index (Phi) is 4.37. The van der Waals surface area contributed by atoms with Gasteiger partial charge in [-0.3, -0.25) is 19.7 Å². The van der Waals surface area contributed by atoms with Gasteiger partial charge in [0, 0.05) is 22.6 Å². The van der Waals surface area contributed by atoms with E-state index in [4.69, 9.17) is 0 Å². The van der Waals surface area contributed by atoms with Crippen molar-refractivity contribution in [1.82, 2.24) is 5.32 Å². The predicted molar refractivity (Wildman–Crippen MR) is 108 cm³/mol. The molecule has 0 atom stereocenters. The molecule has 0 unspecified atom stereocenters. The van der Waals surface area contributed by atoms with Gasteiger partial charge in [-0.05, 0) is 55.5 Å². The van der Waals surface area contributed by atoms with Crippen LogP contribution < -0.4 is 16.0 Å². The second-order valence-electron chi connectivity index (χ2n) is 6.48. The number of rotatable bonds is 5. The molecule has 1 aliphatic heterocycles. The summed E-state index contributed by atoms with van der Waals surface area (Å²) < 4.78 is 0. The van der Waals surface area contributed by atoms with E-state index in [1.54, 1.807) is 36.4 Å². The molecule has 0 saturated heterocycles. The number of hydrogen-bond donors (Lipinski definition) is 3. The number of Topliss-reactive ketones (excluding diaryl/α,β-unsaturated/α-hetero) is 1. The molecule has 0 bridgehead atoms. The van der Waals surface area contributed by atoms with Crippen molar-refractivity contribution in [2.24, 2.45) is 0 Å². The summed E-state index contributed by atoms with van der Waals surface area (Å²) in [7, 11) is 0. The number of para-hydroxylation sites is 1. The Balaban J connectivity index is 1.72. The molecule has 2 amide bonds. The molecule has 0 aliphatic carbocycles. The summed E-state index contributed by atoms with van der Waals surface area (Å²) in [5, 5.41) is 8.76. The fourth-order valence-electron chi connectivity index (χ4n) is 3.10. The van der Waals surface area contributed by atoms with Crippen LogP contribution in [0.5, 0.6) is 0 Å². The molecule has 3 N–H and O–H groups in total. The topological polar surface area (TPSA) is 87.3 Å². The second kappa shape index (κ2) is 7.00. The number of amides is 2. The van der Waals surface area contributed by atoms with E-state index in [1.807, 2.05) is 30.3 Å². The highest BCUT2D eigenvalue weighted by molar-refractivity contribution is 6.24. The van der Waals surface area contributed by atoms with Crippen molar-refractivity contribution >= 4 is 40.3 Å². The minimum atomic E-state index is -0.436. The lowest BCUT2D eigenvalue weighted by atomic mass is 10.0. The van der Waals surface area contributed by atoms with E-state index in [0.717, 1.165) is 5.69 Å². The molecule has 1 heterocycles. The fourth-order valence-corrected chi connectivity index (χ4v) is 3.10. The van der Waals surface area contributed by atoms with Gasteiger partial charge in [-0.1, -0.05) is 18.2 Å². The van der Waals surface area contributed by atoms with Crippen LogP contribution in [0.4, 0.5) is 22.7 Å². The standard InChI is InChI=1S/C22H17N3O3/c1-13(26)14-7-9-16(10-8-14)24-19-12-17(23-15-5-3-2-4-6-15)11-18-20(19)22(28)25-21(18)27/h2-12,23-24H,1H3,(H,25,27,28). The van der Waals surface area contributed by atoms with Gasteiger partial charge < -0.3 is 10.6 Å². The maximum Gasteiger partial charge on any atom is 0.261 e. The quantitative estimate of drug-likeness (QED) is 0.461. The highest BCUT2D eigenvalue weighted by Crippen LogP contribution is 2.32. The monoisotopic (exact) mass is 371 g/mol. The Hall–Kier alpha value is -3.93. The van der Waals surface area contributed by atoms with Crippen LogP contribution in [-0.2, 0) is 0 Å². The first kappa shape index (κ1) is 17.5. The van der Waals surface area contributed by atoms with Gasteiger partial charge in [0.25, 0.3) is 11.8 Å². The number of benzene rings is 3. The van der Waals surface area contributed by atoms with E-state index in [-0.39, 0.29) is 5.78 Å². The van der Waals surface area contributed by atoms with Crippen molar-refractivity contribution in [3.8, 4) is 0 Å². The molecule has 28 heavy (non-hydrogen) atoms. The lowest BCUT2D eigenvalue weighted by Crippen LogP contribution is -2.20. The average molecular weight is 371 g/mol. The van der Waals surface area contributed by atoms with Crippen LogP contribution in [0.15, 0.2) is 66.7 Å². The molecule has 0 fully saturated rings. The van der Waals surface area contributed by atoms with Crippen molar-refractivity contribution in [1.29, 1.82) is 0 Å². The van der Waals surface area contributed by atoms with E-state index in [2.05, 4.69) is 16.0 Å². The molecule has 138 valence electrons. The van der Waals surface area contributed by atoms with Crippen molar-refractivity contribution in [2.75, 3.05) is 10.6 Å². The first-order valence-corrected chi connectivity index (χ1v) is 8.75. The van der Waals surface area contributed by atoms with Gasteiger partial charge in [-0.25, -0.2) is 0 Å². The summed E-state index contributed by atoms with van der Waals surface area (Å²) in [5.41, 5.74) is 3.98. The van der Waals surface area contributed by atoms with Gasteiger partial charge in [-0.2, -0.15) is 0 Å². The van der Waals surface area contributed by atoms with Gasteiger partial charge in [0.05, 0.1) is 16.8 Å². The van der Waals surface area contributed by atoms with Crippen LogP contribution in [0.3, 0.4) is 0 Å². The van der Waals surface area contributed by atoms with Gasteiger partial charge >= 0.3 is 0 Å². The van der Waals surface area contributed by atoms with Crippen molar-refractivity contribution < 1.29 is 14.4 Å². The Labute approximate surface area is 161 Å². The van der Waals surface area contributed by atoms with E-state index >= 15 is 0 Å². The molecule has 0 spiro atoms. The number of ketones is 1. The number of imide groups is 1. The number of anilines is 4. The zero-order valence-corrected chi connectivity index (χ0v) is 15.1. The molecule has 0 radical (unpaired) electrons. The van der Waals surface area contributed by atoms with Crippen molar-refractivity contribution in [3.05, 3.63) is 83.4 Å². The first-order chi connectivity index (χ1) is 13.5. The second-order valence-corrected chi connectivity index (χ2v) is 6.48. The highest BCUT2D eigenvalue weighted by Gasteiger charge is 2.30. The molecule has 6 heteroatoms. The minimum Gasteiger partial charge on any atom is -0.355 e. The average Bonchev–Trinajstić information content (AvgIpc) is 2.97. The third-order valence-corrected chi connectivity index (χ3v) is 4.47. The minimum absolute atomic E-state index is 0.0218. The third-order valence-electron chi connectivity index (χ3n) is 4.47. The molecule has 0 aromatic heterocycles. The number of carbonyl (C=O) groups excluding carboxylic acids is 3. The first-order valence-electron chi connectivity index (χ1n) is 8.75. The highest BCUT2D eigenvalue weighted by atomic mass is 16.2. The maximum absolute atomic E-state index is 12.3. The van der Waals surface area contributed by atoms with Crippen LogP contribution in [-0.4, -0.2) is 17.6 Å². The van der Waals surface area contributed by atoms with Crippen LogP contribution in [0.25, 0.3) is 0 Å². The molecule has 1 aliphatic rings. The smallest absolute Gasteiger partial charge is 0.261 e. The normalized spacial score (nSPS) is 12.3. The Morgan fingerprint density at radius 1 is 0.786 bits per heavy atom. The molecular formula is C22H17N3O3. The molecular weight excluding hydrogens is 354 g/mol. The number of fused-ring (bicyclic) bond motifs is 1. The third kappa shape index (κ3) is 3.35. The van der Waals surface area contributed by atoms with Crippen LogP contribution in [0.2, 0.25) is 0 Å². The predicted octanol–water partition coefficient (Wildman–Crippen LogP) is 4.26.